The van der Waals surface area contributed by atoms with Crippen molar-refractivity contribution in [2.24, 2.45) is 11.8 Å². The number of piperidine rings is 1. The largest absolute Gasteiger partial charge is 0.358 e. The number of amides is 3. The quantitative estimate of drug-likeness (QED) is 0.668. The third-order valence-corrected chi connectivity index (χ3v) is 7.85. The van der Waals surface area contributed by atoms with Crippen molar-refractivity contribution in [1.29, 1.82) is 0 Å². The highest BCUT2D eigenvalue weighted by molar-refractivity contribution is 7.20. The lowest BCUT2D eigenvalue weighted by molar-refractivity contribution is -0.0701. The summed E-state index contributed by atoms with van der Waals surface area (Å²) in [5.41, 5.74) is 0.488. The molecule has 160 valence electrons. The summed E-state index contributed by atoms with van der Waals surface area (Å²) in [5, 5.41) is 6.51. The maximum Gasteiger partial charge on any atom is 0.317 e. The van der Waals surface area contributed by atoms with Crippen molar-refractivity contribution in [3.05, 3.63) is 27.1 Å². The van der Waals surface area contributed by atoms with Crippen LogP contribution in [0.5, 0.6) is 0 Å². The highest BCUT2D eigenvalue weighted by Gasteiger charge is 2.43. The molecule has 0 radical (unpaired) electrons. The molecule has 30 heavy (non-hydrogen) atoms. The molecule has 9 nitrogen and oxygen atoms in total. The molecule has 3 saturated heterocycles. The van der Waals surface area contributed by atoms with Crippen molar-refractivity contribution in [3.63, 3.8) is 0 Å². The molecular formula is C20H25N5O4S. The second kappa shape index (κ2) is 7.66. The normalized spacial score (nSPS) is 27.4. The molecule has 3 fully saturated rings. The number of aromatic amines is 1. The van der Waals surface area contributed by atoms with Crippen molar-refractivity contribution in [2.75, 3.05) is 19.7 Å². The molecule has 2 aromatic heterocycles. The Morgan fingerprint density at radius 1 is 1.23 bits per heavy atom. The number of nitrogens with one attached hydrogen (secondary N) is 3. The van der Waals surface area contributed by atoms with Crippen molar-refractivity contribution >= 4 is 33.5 Å². The molecule has 0 aliphatic carbocycles. The second-order valence-corrected chi connectivity index (χ2v) is 9.34. The lowest BCUT2D eigenvalue weighted by atomic mass is 9.77. The maximum absolute atomic E-state index is 13.2. The fourth-order valence-electron chi connectivity index (χ4n) is 5.11. The molecule has 3 amide bonds. The molecule has 0 saturated carbocycles. The van der Waals surface area contributed by atoms with Crippen LogP contribution in [-0.4, -0.2) is 58.8 Å². The van der Waals surface area contributed by atoms with E-state index >= 15 is 0 Å². The molecule has 5 heterocycles. The highest BCUT2D eigenvalue weighted by atomic mass is 32.1. The number of carbonyl (C=O) groups excluding carboxylic acids is 2. The molecule has 3 aliphatic heterocycles. The van der Waals surface area contributed by atoms with Gasteiger partial charge >= 0.3 is 6.03 Å². The molecule has 3 N–H and O–H groups in total. The second-order valence-electron chi connectivity index (χ2n) is 8.34. The van der Waals surface area contributed by atoms with Gasteiger partial charge in [0.25, 0.3) is 11.5 Å². The molecule has 0 unspecified atom stereocenters. The van der Waals surface area contributed by atoms with Crippen LogP contribution in [0.4, 0.5) is 4.79 Å². The lowest BCUT2D eigenvalue weighted by Crippen LogP contribution is -2.65. The maximum atomic E-state index is 13.2. The Morgan fingerprint density at radius 3 is 2.80 bits per heavy atom. The van der Waals surface area contributed by atoms with E-state index in [1.807, 2.05) is 11.8 Å². The van der Waals surface area contributed by atoms with Gasteiger partial charge in [0.15, 0.2) is 0 Å². The third kappa shape index (κ3) is 3.27. The number of ether oxygens (including phenoxy) is 1. The van der Waals surface area contributed by atoms with Crippen LogP contribution in [0, 0.1) is 18.8 Å². The van der Waals surface area contributed by atoms with Crippen LogP contribution in [0.3, 0.4) is 0 Å². The van der Waals surface area contributed by atoms with Gasteiger partial charge in [-0.1, -0.05) is 0 Å². The molecule has 0 spiro atoms. The molecule has 3 aliphatic rings. The van der Waals surface area contributed by atoms with Crippen LogP contribution in [0.25, 0.3) is 10.2 Å². The van der Waals surface area contributed by atoms with Crippen molar-refractivity contribution < 1.29 is 14.3 Å². The average Bonchev–Trinajstić information content (AvgIpc) is 3.10. The van der Waals surface area contributed by atoms with Gasteiger partial charge in [-0.15, -0.1) is 11.3 Å². The summed E-state index contributed by atoms with van der Waals surface area (Å²) in [5.74, 6) is 0.551. The minimum Gasteiger partial charge on any atom is -0.358 e. The van der Waals surface area contributed by atoms with Gasteiger partial charge in [-0.25, -0.2) is 9.78 Å². The van der Waals surface area contributed by atoms with Gasteiger partial charge < -0.3 is 25.3 Å². The summed E-state index contributed by atoms with van der Waals surface area (Å²) in [6.45, 7) is 3.77. The van der Waals surface area contributed by atoms with Gasteiger partial charge in [0.1, 0.15) is 11.1 Å². The van der Waals surface area contributed by atoms with Gasteiger partial charge in [-0.2, -0.15) is 0 Å². The van der Waals surface area contributed by atoms with Gasteiger partial charge in [-0.3, -0.25) is 9.59 Å². The number of urea groups is 1. The zero-order chi connectivity index (χ0) is 20.8. The van der Waals surface area contributed by atoms with E-state index in [2.05, 4.69) is 20.6 Å². The van der Waals surface area contributed by atoms with Crippen molar-refractivity contribution in [1.82, 2.24) is 25.5 Å². The van der Waals surface area contributed by atoms with E-state index in [4.69, 9.17) is 4.74 Å². The zero-order valence-electron chi connectivity index (χ0n) is 16.8. The lowest BCUT2D eigenvalue weighted by Gasteiger charge is -2.46. The number of aryl methyl sites for hydroxylation is 1. The number of H-pyrrole nitrogens is 1. The first-order valence-electron chi connectivity index (χ1n) is 10.5. The molecule has 2 aromatic rings. The van der Waals surface area contributed by atoms with Crippen LogP contribution in [0.15, 0.2) is 11.1 Å². The summed E-state index contributed by atoms with van der Waals surface area (Å²) in [4.78, 5) is 47.2. The van der Waals surface area contributed by atoms with Gasteiger partial charge in [0.05, 0.1) is 16.6 Å². The van der Waals surface area contributed by atoms with Crippen LogP contribution >= 0.6 is 11.3 Å². The van der Waals surface area contributed by atoms with E-state index < -0.39 is 0 Å². The summed E-state index contributed by atoms with van der Waals surface area (Å²) in [7, 11) is 0. The Balaban J connectivity index is 1.29. The summed E-state index contributed by atoms with van der Waals surface area (Å²) < 4.78 is 5.77. The van der Waals surface area contributed by atoms with Crippen LogP contribution < -0.4 is 16.2 Å². The van der Waals surface area contributed by atoms with Gasteiger partial charge in [-0.05, 0) is 44.1 Å². The zero-order valence-corrected chi connectivity index (χ0v) is 17.6. The highest BCUT2D eigenvalue weighted by Crippen LogP contribution is 2.34. The van der Waals surface area contributed by atoms with Gasteiger partial charge in [0, 0.05) is 31.7 Å². The number of carbonyl (C=O) groups is 2. The van der Waals surface area contributed by atoms with E-state index in [9.17, 15) is 14.4 Å². The Hall–Kier alpha value is -2.46. The number of nitrogens with zero attached hydrogens (tertiary/aromatic N) is 2. The summed E-state index contributed by atoms with van der Waals surface area (Å²) in [6.07, 6.45) is 4.88. The average molecular weight is 432 g/mol. The molecular weight excluding hydrogens is 406 g/mol. The Labute approximate surface area is 177 Å². The topological polar surface area (TPSA) is 116 Å². The SMILES string of the molecule is Cc1c(C(=O)N2CCC([C@@H]3NC(=O)N[C@H]4OCCC[C@H]43)CC2)sc2nc[nH]c(=O)c12. The smallest absolute Gasteiger partial charge is 0.317 e. The number of rotatable bonds is 2. The predicted octanol–water partition coefficient (Wildman–Crippen LogP) is 1.58. The molecule has 3 atom stereocenters. The first kappa shape index (κ1) is 19.5. The van der Waals surface area contributed by atoms with Crippen LogP contribution in [-0.2, 0) is 4.74 Å². The molecule has 5 rings (SSSR count). The summed E-state index contributed by atoms with van der Waals surface area (Å²) >= 11 is 1.28. The molecule has 10 heteroatoms. The third-order valence-electron chi connectivity index (χ3n) is 6.66. The van der Waals surface area contributed by atoms with Gasteiger partial charge in [0.2, 0.25) is 0 Å². The van der Waals surface area contributed by atoms with E-state index in [1.165, 1.54) is 17.7 Å². The predicted molar refractivity (Wildman–Crippen MR) is 112 cm³/mol. The monoisotopic (exact) mass is 431 g/mol. The molecule has 0 aromatic carbocycles. The van der Waals surface area contributed by atoms with Crippen LogP contribution in [0.1, 0.15) is 40.9 Å². The van der Waals surface area contributed by atoms with E-state index in [-0.39, 0.29) is 35.7 Å². The minimum atomic E-state index is -0.211. The number of hydrogen-bond donors (Lipinski definition) is 3. The van der Waals surface area contributed by atoms with Crippen molar-refractivity contribution in [2.45, 2.75) is 44.9 Å². The number of hydrogen-bond acceptors (Lipinski definition) is 6. The fourth-order valence-corrected chi connectivity index (χ4v) is 6.22. The number of likely N-dealkylation sites (tertiary alicyclic amines) is 1. The standard InChI is InChI=1S/C20H25N5O4S/c1-10-13-16(26)21-9-22-18(13)30-15(10)19(27)25-6-4-11(5-7-25)14-12-3-2-8-29-17(12)24-20(28)23-14/h9,11-12,14,17H,2-8H2,1H3,(H,21,22,26)(H2,23,24,28)/t12-,14-,17-/m0/s1. The summed E-state index contributed by atoms with van der Waals surface area (Å²) in [6, 6.07) is -0.0876. The fraction of sp³-hybridized carbons (Fsp3) is 0.600. The Bertz CT molecular complexity index is 1040. The Morgan fingerprint density at radius 2 is 2.03 bits per heavy atom. The number of aromatic nitrogens is 2. The first-order valence-corrected chi connectivity index (χ1v) is 11.3. The van der Waals surface area contributed by atoms with E-state index in [1.54, 1.807) is 0 Å². The van der Waals surface area contributed by atoms with Crippen LogP contribution in [0.2, 0.25) is 0 Å². The first-order chi connectivity index (χ1) is 14.5. The van der Waals surface area contributed by atoms with E-state index in [0.29, 0.717) is 46.3 Å². The minimum absolute atomic E-state index is 0.0402. The van der Waals surface area contributed by atoms with E-state index in [0.717, 1.165) is 25.7 Å². The number of thiophene rings is 1. The Kier molecular flexibility index (Phi) is 4.98. The molecule has 0 bridgehead atoms. The number of fused-ring (bicyclic) bond motifs is 2. The van der Waals surface area contributed by atoms with Crippen molar-refractivity contribution in [3.8, 4) is 0 Å².